The standard InChI is InChI=1S/C17H27FN4/c1-19-17(21-12-16(22(2)3)14-7-8-14)20-10-9-13-5-4-6-15(18)11-13/h4-6,11,14,16H,7-10,12H2,1-3H3,(H2,19,20,21). The van der Waals surface area contributed by atoms with E-state index >= 15 is 0 Å². The predicted octanol–water partition coefficient (Wildman–Crippen LogP) is 1.87. The number of nitrogens with zero attached hydrogens (tertiary/aromatic N) is 2. The van der Waals surface area contributed by atoms with E-state index in [0.717, 1.165) is 37.0 Å². The zero-order chi connectivity index (χ0) is 15.9. The fraction of sp³-hybridized carbons (Fsp3) is 0.588. The van der Waals surface area contributed by atoms with Crippen LogP contribution in [0.15, 0.2) is 29.3 Å². The lowest BCUT2D eigenvalue weighted by atomic mass is 10.1. The first-order valence-electron chi connectivity index (χ1n) is 7.95. The van der Waals surface area contributed by atoms with Crippen molar-refractivity contribution in [3.05, 3.63) is 35.6 Å². The van der Waals surface area contributed by atoms with E-state index in [0.29, 0.717) is 6.04 Å². The highest BCUT2D eigenvalue weighted by molar-refractivity contribution is 5.79. The van der Waals surface area contributed by atoms with Crippen molar-refractivity contribution < 1.29 is 4.39 Å². The summed E-state index contributed by atoms with van der Waals surface area (Å²) in [6, 6.07) is 7.29. The Kier molecular flexibility index (Phi) is 6.19. The molecule has 0 spiro atoms. The van der Waals surface area contributed by atoms with Gasteiger partial charge in [-0.05, 0) is 57.0 Å². The van der Waals surface area contributed by atoms with Crippen molar-refractivity contribution in [2.24, 2.45) is 10.9 Å². The summed E-state index contributed by atoms with van der Waals surface area (Å²) in [6.07, 6.45) is 3.43. The Balaban J connectivity index is 1.73. The van der Waals surface area contributed by atoms with Crippen molar-refractivity contribution in [3.63, 3.8) is 0 Å². The number of aliphatic imine (C=N–C) groups is 1. The van der Waals surface area contributed by atoms with Crippen LogP contribution in [-0.4, -0.2) is 51.1 Å². The maximum Gasteiger partial charge on any atom is 0.191 e. The molecule has 4 nitrogen and oxygen atoms in total. The Hall–Kier alpha value is -1.62. The van der Waals surface area contributed by atoms with E-state index in [2.05, 4.69) is 34.6 Å². The first-order chi connectivity index (χ1) is 10.6. The van der Waals surface area contributed by atoms with Gasteiger partial charge >= 0.3 is 0 Å². The van der Waals surface area contributed by atoms with Gasteiger partial charge in [-0.2, -0.15) is 0 Å². The molecule has 122 valence electrons. The summed E-state index contributed by atoms with van der Waals surface area (Å²) in [5.74, 6) is 1.44. The van der Waals surface area contributed by atoms with Gasteiger partial charge in [0.15, 0.2) is 5.96 Å². The van der Waals surface area contributed by atoms with Crippen molar-refractivity contribution in [1.29, 1.82) is 0 Å². The second-order valence-corrected chi connectivity index (χ2v) is 6.13. The maximum atomic E-state index is 13.1. The Bertz CT molecular complexity index is 495. The molecule has 0 amide bonds. The molecule has 22 heavy (non-hydrogen) atoms. The molecule has 0 saturated heterocycles. The quantitative estimate of drug-likeness (QED) is 0.597. The van der Waals surface area contributed by atoms with E-state index in [1.54, 1.807) is 19.2 Å². The van der Waals surface area contributed by atoms with E-state index in [9.17, 15) is 4.39 Å². The van der Waals surface area contributed by atoms with Gasteiger partial charge in [0, 0.05) is 26.2 Å². The number of halogens is 1. The SMILES string of the molecule is CN=C(NCCc1cccc(F)c1)NCC(C1CC1)N(C)C. The fourth-order valence-electron chi connectivity index (χ4n) is 2.69. The zero-order valence-electron chi connectivity index (χ0n) is 13.8. The minimum atomic E-state index is -0.182. The van der Waals surface area contributed by atoms with Gasteiger partial charge in [0.2, 0.25) is 0 Å². The summed E-state index contributed by atoms with van der Waals surface area (Å²) in [5.41, 5.74) is 0.993. The monoisotopic (exact) mass is 306 g/mol. The third-order valence-electron chi connectivity index (χ3n) is 4.13. The van der Waals surface area contributed by atoms with Gasteiger partial charge in [0.1, 0.15) is 5.82 Å². The van der Waals surface area contributed by atoms with Crippen LogP contribution in [0, 0.1) is 11.7 Å². The minimum absolute atomic E-state index is 0.182. The van der Waals surface area contributed by atoms with Gasteiger partial charge in [0.25, 0.3) is 0 Å². The molecule has 5 heteroatoms. The van der Waals surface area contributed by atoms with E-state index in [1.807, 2.05) is 6.07 Å². The van der Waals surface area contributed by atoms with Crippen LogP contribution in [0.1, 0.15) is 18.4 Å². The summed E-state index contributed by atoms with van der Waals surface area (Å²) in [4.78, 5) is 6.53. The predicted molar refractivity (Wildman–Crippen MR) is 89.7 cm³/mol. The summed E-state index contributed by atoms with van der Waals surface area (Å²) in [7, 11) is 6.04. The first-order valence-corrected chi connectivity index (χ1v) is 7.95. The molecule has 0 radical (unpaired) electrons. The molecule has 1 aliphatic rings. The summed E-state index contributed by atoms with van der Waals surface area (Å²) >= 11 is 0. The second kappa shape index (κ2) is 8.13. The van der Waals surface area contributed by atoms with E-state index < -0.39 is 0 Å². The molecule has 0 aromatic heterocycles. The van der Waals surface area contributed by atoms with Gasteiger partial charge in [-0.1, -0.05) is 12.1 Å². The van der Waals surface area contributed by atoms with Crippen LogP contribution in [-0.2, 0) is 6.42 Å². The van der Waals surface area contributed by atoms with Crippen LogP contribution in [0.5, 0.6) is 0 Å². The maximum absolute atomic E-state index is 13.1. The number of likely N-dealkylation sites (N-methyl/N-ethyl adjacent to an activating group) is 1. The summed E-state index contributed by atoms with van der Waals surface area (Å²) in [5, 5.41) is 6.68. The minimum Gasteiger partial charge on any atom is -0.356 e. The Morgan fingerprint density at radius 3 is 2.73 bits per heavy atom. The molecule has 1 atom stereocenters. The zero-order valence-corrected chi connectivity index (χ0v) is 13.8. The van der Waals surface area contributed by atoms with Crippen LogP contribution in [0.2, 0.25) is 0 Å². The molecule has 0 heterocycles. The molecule has 0 aliphatic heterocycles. The number of hydrogen-bond donors (Lipinski definition) is 2. The van der Waals surface area contributed by atoms with Crippen LogP contribution < -0.4 is 10.6 Å². The molecule has 1 aromatic carbocycles. The average molecular weight is 306 g/mol. The van der Waals surface area contributed by atoms with Crippen molar-refractivity contribution in [3.8, 4) is 0 Å². The summed E-state index contributed by atoms with van der Waals surface area (Å²) in [6.45, 7) is 1.64. The summed E-state index contributed by atoms with van der Waals surface area (Å²) < 4.78 is 13.1. The van der Waals surface area contributed by atoms with Gasteiger partial charge in [-0.15, -0.1) is 0 Å². The Labute approximate surface area is 132 Å². The lowest BCUT2D eigenvalue weighted by molar-refractivity contribution is 0.264. The molecule has 1 saturated carbocycles. The second-order valence-electron chi connectivity index (χ2n) is 6.13. The average Bonchev–Trinajstić information content (AvgIpc) is 3.30. The third kappa shape index (κ3) is 5.30. The normalized spacial score (nSPS) is 16.7. The van der Waals surface area contributed by atoms with Gasteiger partial charge in [-0.3, -0.25) is 4.99 Å². The molecule has 2 N–H and O–H groups in total. The molecule has 2 rings (SSSR count). The van der Waals surface area contributed by atoms with Gasteiger partial charge in [-0.25, -0.2) is 4.39 Å². The molecule has 1 aliphatic carbocycles. The smallest absolute Gasteiger partial charge is 0.191 e. The number of benzene rings is 1. The molecule has 1 aromatic rings. The topological polar surface area (TPSA) is 39.7 Å². The van der Waals surface area contributed by atoms with Crippen molar-refractivity contribution >= 4 is 5.96 Å². The van der Waals surface area contributed by atoms with Gasteiger partial charge in [0.05, 0.1) is 0 Å². The highest BCUT2D eigenvalue weighted by atomic mass is 19.1. The fourth-order valence-corrected chi connectivity index (χ4v) is 2.69. The van der Waals surface area contributed by atoms with E-state index in [4.69, 9.17) is 0 Å². The van der Waals surface area contributed by atoms with Crippen LogP contribution >= 0.6 is 0 Å². The van der Waals surface area contributed by atoms with Crippen LogP contribution in [0.3, 0.4) is 0 Å². The van der Waals surface area contributed by atoms with Crippen LogP contribution in [0.4, 0.5) is 4.39 Å². The molecule has 1 unspecified atom stereocenters. The van der Waals surface area contributed by atoms with Gasteiger partial charge < -0.3 is 15.5 Å². The van der Waals surface area contributed by atoms with Crippen molar-refractivity contribution in [2.45, 2.75) is 25.3 Å². The van der Waals surface area contributed by atoms with Crippen LogP contribution in [0.25, 0.3) is 0 Å². The highest BCUT2D eigenvalue weighted by Crippen LogP contribution is 2.34. The Morgan fingerprint density at radius 1 is 1.36 bits per heavy atom. The number of nitrogens with one attached hydrogen (secondary N) is 2. The third-order valence-corrected chi connectivity index (χ3v) is 4.13. The lowest BCUT2D eigenvalue weighted by Gasteiger charge is -2.25. The van der Waals surface area contributed by atoms with Crippen molar-refractivity contribution in [2.75, 3.05) is 34.2 Å². The van der Waals surface area contributed by atoms with E-state index in [-0.39, 0.29) is 5.82 Å². The number of guanidine groups is 1. The number of hydrogen-bond acceptors (Lipinski definition) is 2. The van der Waals surface area contributed by atoms with Crippen molar-refractivity contribution in [1.82, 2.24) is 15.5 Å². The highest BCUT2D eigenvalue weighted by Gasteiger charge is 2.32. The number of rotatable bonds is 7. The Morgan fingerprint density at radius 2 is 2.14 bits per heavy atom. The first kappa shape index (κ1) is 16.7. The lowest BCUT2D eigenvalue weighted by Crippen LogP contribution is -2.46. The van der Waals surface area contributed by atoms with E-state index in [1.165, 1.54) is 18.9 Å². The molecule has 1 fully saturated rings. The molecular formula is C17H27FN4. The molecule has 0 bridgehead atoms. The largest absolute Gasteiger partial charge is 0.356 e. The molecular weight excluding hydrogens is 279 g/mol.